The smallest absolute Gasteiger partial charge is 0.194 e. The minimum atomic E-state index is -1.58. The first-order valence-corrected chi connectivity index (χ1v) is 5.50. The van der Waals surface area contributed by atoms with Crippen LogP contribution in [0.4, 0.5) is 13.2 Å². The second-order valence-electron chi connectivity index (χ2n) is 3.86. The summed E-state index contributed by atoms with van der Waals surface area (Å²) in [6, 6.07) is 10.3. The topological polar surface area (TPSA) is 17.1 Å². The van der Waals surface area contributed by atoms with Crippen molar-refractivity contribution in [3.8, 4) is 0 Å². The maximum absolute atomic E-state index is 13.0. The predicted molar refractivity (Wildman–Crippen MR) is 66.1 cm³/mol. The molecule has 0 unspecified atom stereocenters. The van der Waals surface area contributed by atoms with Gasteiger partial charge in [0.2, 0.25) is 0 Å². The van der Waals surface area contributed by atoms with E-state index in [9.17, 15) is 18.0 Å². The van der Waals surface area contributed by atoms with Gasteiger partial charge in [0.05, 0.1) is 0 Å². The normalized spacial score (nSPS) is 10.9. The van der Waals surface area contributed by atoms with Gasteiger partial charge in [-0.05, 0) is 23.8 Å². The fourth-order valence-electron chi connectivity index (χ4n) is 1.53. The molecule has 0 fully saturated rings. The summed E-state index contributed by atoms with van der Waals surface area (Å²) in [5.41, 5.74) is 0.544. The number of carbonyl (C=O) groups is 1. The monoisotopic (exact) mass is 262 g/mol. The van der Waals surface area contributed by atoms with Gasteiger partial charge in [-0.3, -0.25) is 4.79 Å². The third-order valence-electron chi connectivity index (χ3n) is 2.50. The van der Waals surface area contributed by atoms with Crippen molar-refractivity contribution in [2.75, 3.05) is 0 Å². The fourth-order valence-corrected chi connectivity index (χ4v) is 1.53. The van der Waals surface area contributed by atoms with Crippen LogP contribution in [0.2, 0.25) is 0 Å². The average molecular weight is 262 g/mol. The summed E-state index contributed by atoms with van der Waals surface area (Å²) in [7, 11) is 0. The molecule has 2 aromatic rings. The highest BCUT2D eigenvalue weighted by atomic mass is 19.2. The number of halogens is 3. The van der Waals surface area contributed by atoms with Crippen LogP contribution in [0.1, 0.15) is 15.9 Å². The van der Waals surface area contributed by atoms with E-state index in [0.717, 1.165) is 5.56 Å². The van der Waals surface area contributed by atoms with Crippen LogP contribution in [0.3, 0.4) is 0 Å². The summed E-state index contributed by atoms with van der Waals surface area (Å²) in [6.07, 6.45) is 2.70. The van der Waals surface area contributed by atoms with Gasteiger partial charge < -0.3 is 0 Å². The second kappa shape index (κ2) is 5.52. The molecule has 0 aromatic heterocycles. The molecule has 0 saturated carbocycles. The third kappa shape index (κ3) is 3.10. The SMILES string of the molecule is O=C(C=Cc1ccccc1)c1cc(F)c(F)c(F)c1. The van der Waals surface area contributed by atoms with Crippen LogP contribution in [0.15, 0.2) is 48.5 Å². The average Bonchev–Trinajstić information content (AvgIpc) is 2.42. The molecule has 0 heterocycles. The van der Waals surface area contributed by atoms with Crippen molar-refractivity contribution in [2.45, 2.75) is 0 Å². The Bertz CT molecular complexity index is 610. The number of rotatable bonds is 3. The van der Waals surface area contributed by atoms with Crippen LogP contribution in [-0.4, -0.2) is 5.78 Å². The summed E-state index contributed by atoms with van der Waals surface area (Å²) in [4.78, 5) is 11.7. The van der Waals surface area contributed by atoms with Gasteiger partial charge in [-0.25, -0.2) is 13.2 Å². The summed E-state index contributed by atoms with van der Waals surface area (Å²) in [5.74, 6) is -4.93. The van der Waals surface area contributed by atoms with Gasteiger partial charge in [0.15, 0.2) is 23.2 Å². The van der Waals surface area contributed by atoms with Crippen molar-refractivity contribution in [1.82, 2.24) is 0 Å². The molecule has 0 aliphatic heterocycles. The quantitative estimate of drug-likeness (QED) is 0.464. The van der Waals surface area contributed by atoms with E-state index in [1.807, 2.05) is 6.07 Å². The van der Waals surface area contributed by atoms with Crippen LogP contribution < -0.4 is 0 Å². The van der Waals surface area contributed by atoms with E-state index >= 15 is 0 Å². The lowest BCUT2D eigenvalue weighted by molar-refractivity contribution is 0.104. The molecular formula is C15H9F3O. The van der Waals surface area contributed by atoms with Crippen molar-refractivity contribution in [1.29, 1.82) is 0 Å². The largest absolute Gasteiger partial charge is 0.289 e. The number of benzene rings is 2. The first-order valence-electron chi connectivity index (χ1n) is 5.50. The van der Waals surface area contributed by atoms with Crippen LogP contribution in [0.25, 0.3) is 6.08 Å². The Labute approximate surface area is 108 Å². The Morgan fingerprint density at radius 3 is 2.11 bits per heavy atom. The highest BCUT2D eigenvalue weighted by Gasteiger charge is 2.13. The minimum Gasteiger partial charge on any atom is -0.289 e. The molecule has 19 heavy (non-hydrogen) atoms. The van der Waals surface area contributed by atoms with Crippen LogP contribution in [-0.2, 0) is 0 Å². The van der Waals surface area contributed by atoms with Gasteiger partial charge in [0.25, 0.3) is 0 Å². The van der Waals surface area contributed by atoms with E-state index in [4.69, 9.17) is 0 Å². The highest BCUT2D eigenvalue weighted by Crippen LogP contribution is 2.14. The molecule has 0 spiro atoms. The Kier molecular flexibility index (Phi) is 3.80. The lowest BCUT2D eigenvalue weighted by Gasteiger charge is -1.99. The molecule has 4 heteroatoms. The molecule has 0 N–H and O–H groups in total. The molecular weight excluding hydrogens is 253 g/mol. The maximum Gasteiger partial charge on any atom is 0.194 e. The zero-order chi connectivity index (χ0) is 13.8. The number of allylic oxidation sites excluding steroid dienone is 1. The zero-order valence-corrected chi connectivity index (χ0v) is 9.74. The number of hydrogen-bond acceptors (Lipinski definition) is 1. The Morgan fingerprint density at radius 1 is 0.947 bits per heavy atom. The van der Waals surface area contributed by atoms with Crippen LogP contribution >= 0.6 is 0 Å². The van der Waals surface area contributed by atoms with Gasteiger partial charge in [-0.2, -0.15) is 0 Å². The molecule has 1 nitrogen and oxygen atoms in total. The molecule has 0 aliphatic rings. The predicted octanol–water partition coefficient (Wildman–Crippen LogP) is 4.00. The van der Waals surface area contributed by atoms with Gasteiger partial charge in [0, 0.05) is 5.56 Å². The minimum absolute atomic E-state index is 0.233. The van der Waals surface area contributed by atoms with Crippen molar-refractivity contribution in [3.63, 3.8) is 0 Å². The van der Waals surface area contributed by atoms with E-state index in [0.29, 0.717) is 12.1 Å². The summed E-state index contributed by atoms with van der Waals surface area (Å²) >= 11 is 0. The zero-order valence-electron chi connectivity index (χ0n) is 9.74. The van der Waals surface area contributed by atoms with Gasteiger partial charge in [-0.15, -0.1) is 0 Å². The van der Waals surface area contributed by atoms with Crippen molar-refractivity contribution in [2.24, 2.45) is 0 Å². The van der Waals surface area contributed by atoms with Crippen molar-refractivity contribution in [3.05, 3.63) is 77.1 Å². The van der Waals surface area contributed by atoms with E-state index in [1.165, 1.54) is 12.2 Å². The first-order chi connectivity index (χ1) is 9.08. The third-order valence-corrected chi connectivity index (χ3v) is 2.50. The number of ketones is 1. The Hall–Kier alpha value is -2.36. The van der Waals surface area contributed by atoms with Crippen molar-refractivity contribution >= 4 is 11.9 Å². The van der Waals surface area contributed by atoms with E-state index in [1.54, 1.807) is 24.3 Å². The molecule has 2 rings (SSSR count). The molecule has 0 atom stereocenters. The van der Waals surface area contributed by atoms with E-state index in [2.05, 4.69) is 0 Å². The second-order valence-corrected chi connectivity index (χ2v) is 3.86. The lowest BCUT2D eigenvalue weighted by atomic mass is 10.1. The number of hydrogen-bond donors (Lipinski definition) is 0. The van der Waals surface area contributed by atoms with Crippen LogP contribution in [0.5, 0.6) is 0 Å². The fraction of sp³-hybridized carbons (Fsp3) is 0. The molecule has 0 amide bonds. The highest BCUT2D eigenvalue weighted by molar-refractivity contribution is 6.06. The lowest BCUT2D eigenvalue weighted by Crippen LogP contribution is -2.00. The van der Waals surface area contributed by atoms with Crippen molar-refractivity contribution < 1.29 is 18.0 Å². The summed E-state index contributed by atoms with van der Waals surface area (Å²) in [6.45, 7) is 0. The van der Waals surface area contributed by atoms with E-state index < -0.39 is 23.2 Å². The Balaban J connectivity index is 2.24. The summed E-state index contributed by atoms with van der Waals surface area (Å²) in [5, 5.41) is 0. The standard InChI is InChI=1S/C15H9F3O/c16-12-8-11(9-13(17)15(12)18)14(19)7-6-10-4-2-1-3-5-10/h1-9H. The van der Waals surface area contributed by atoms with Gasteiger partial charge >= 0.3 is 0 Å². The van der Waals surface area contributed by atoms with Gasteiger partial charge in [-0.1, -0.05) is 36.4 Å². The summed E-state index contributed by atoms with van der Waals surface area (Å²) < 4.78 is 38.7. The van der Waals surface area contributed by atoms with Crippen LogP contribution in [0, 0.1) is 17.5 Å². The molecule has 96 valence electrons. The Morgan fingerprint density at radius 2 is 1.53 bits per heavy atom. The molecule has 0 aliphatic carbocycles. The van der Waals surface area contributed by atoms with Gasteiger partial charge in [0.1, 0.15) is 0 Å². The molecule has 2 aromatic carbocycles. The number of carbonyl (C=O) groups excluding carboxylic acids is 1. The first kappa shape index (κ1) is 13.1. The maximum atomic E-state index is 13.0. The molecule has 0 saturated heterocycles. The van der Waals surface area contributed by atoms with E-state index in [-0.39, 0.29) is 5.56 Å². The molecule has 0 radical (unpaired) electrons. The molecule has 0 bridgehead atoms.